The second-order valence-electron chi connectivity index (χ2n) is 5.67. The SMILES string of the molecule is Cc1c(Cl)cccc1NC(=O)c1cccc(S(=O)(=O)NC(C)C)c1. The Balaban J connectivity index is 2.28. The topological polar surface area (TPSA) is 75.3 Å². The van der Waals surface area contributed by atoms with Gasteiger partial charge in [0, 0.05) is 22.3 Å². The van der Waals surface area contributed by atoms with Gasteiger partial charge in [0.15, 0.2) is 0 Å². The summed E-state index contributed by atoms with van der Waals surface area (Å²) >= 11 is 6.04. The second-order valence-corrected chi connectivity index (χ2v) is 7.79. The number of halogens is 1. The zero-order chi connectivity index (χ0) is 17.9. The van der Waals surface area contributed by atoms with Crippen molar-refractivity contribution in [1.29, 1.82) is 0 Å². The Kier molecular flexibility index (Phi) is 5.64. The maximum atomic E-state index is 12.4. The Hall–Kier alpha value is -1.89. The second kappa shape index (κ2) is 7.34. The van der Waals surface area contributed by atoms with Crippen molar-refractivity contribution in [3.63, 3.8) is 0 Å². The summed E-state index contributed by atoms with van der Waals surface area (Å²) in [7, 11) is -3.65. The predicted octanol–water partition coefficient (Wildman–Crippen LogP) is 3.59. The highest BCUT2D eigenvalue weighted by molar-refractivity contribution is 7.89. The lowest BCUT2D eigenvalue weighted by Crippen LogP contribution is -2.30. The summed E-state index contributed by atoms with van der Waals surface area (Å²) in [6.07, 6.45) is 0. The van der Waals surface area contributed by atoms with Crippen molar-refractivity contribution in [3.05, 3.63) is 58.6 Å². The van der Waals surface area contributed by atoms with E-state index in [-0.39, 0.29) is 16.5 Å². The zero-order valence-electron chi connectivity index (χ0n) is 13.6. The van der Waals surface area contributed by atoms with Gasteiger partial charge in [-0.1, -0.05) is 23.7 Å². The largest absolute Gasteiger partial charge is 0.322 e. The Morgan fingerprint density at radius 3 is 2.46 bits per heavy atom. The van der Waals surface area contributed by atoms with E-state index in [1.807, 2.05) is 0 Å². The van der Waals surface area contributed by atoms with E-state index >= 15 is 0 Å². The fourth-order valence-corrected chi connectivity index (χ4v) is 3.59. The monoisotopic (exact) mass is 366 g/mol. The average molecular weight is 367 g/mol. The van der Waals surface area contributed by atoms with E-state index in [0.29, 0.717) is 10.7 Å². The van der Waals surface area contributed by atoms with Gasteiger partial charge in [0.1, 0.15) is 0 Å². The van der Waals surface area contributed by atoms with E-state index < -0.39 is 15.9 Å². The van der Waals surface area contributed by atoms with Gasteiger partial charge in [-0.15, -0.1) is 0 Å². The van der Waals surface area contributed by atoms with Gasteiger partial charge >= 0.3 is 0 Å². The Bertz CT molecular complexity index is 864. The maximum absolute atomic E-state index is 12.4. The Morgan fingerprint density at radius 2 is 1.79 bits per heavy atom. The molecule has 7 heteroatoms. The van der Waals surface area contributed by atoms with Gasteiger partial charge in [0.05, 0.1) is 4.90 Å². The van der Waals surface area contributed by atoms with Crippen LogP contribution in [0, 0.1) is 6.92 Å². The summed E-state index contributed by atoms with van der Waals surface area (Å²) in [6, 6.07) is 10.9. The van der Waals surface area contributed by atoms with E-state index in [1.54, 1.807) is 45.0 Å². The number of carbonyl (C=O) groups excluding carboxylic acids is 1. The minimum Gasteiger partial charge on any atom is -0.322 e. The Labute approximate surface area is 147 Å². The van der Waals surface area contributed by atoms with E-state index in [4.69, 9.17) is 11.6 Å². The molecule has 2 N–H and O–H groups in total. The molecule has 0 spiro atoms. The Morgan fingerprint density at radius 1 is 1.12 bits per heavy atom. The van der Waals surface area contributed by atoms with Gasteiger partial charge < -0.3 is 5.32 Å². The molecular weight excluding hydrogens is 348 g/mol. The van der Waals surface area contributed by atoms with Crippen LogP contribution in [0.25, 0.3) is 0 Å². The molecule has 0 atom stereocenters. The van der Waals surface area contributed by atoms with Gasteiger partial charge in [-0.25, -0.2) is 13.1 Å². The summed E-state index contributed by atoms with van der Waals surface area (Å²) in [6.45, 7) is 5.26. The van der Waals surface area contributed by atoms with Crippen LogP contribution in [0.15, 0.2) is 47.4 Å². The summed E-state index contributed by atoms with van der Waals surface area (Å²) in [4.78, 5) is 12.5. The van der Waals surface area contributed by atoms with Crippen LogP contribution < -0.4 is 10.0 Å². The van der Waals surface area contributed by atoms with Crippen LogP contribution in [-0.4, -0.2) is 20.4 Å². The highest BCUT2D eigenvalue weighted by atomic mass is 35.5. The molecular formula is C17H19ClN2O3S. The van der Waals surface area contributed by atoms with Crippen molar-refractivity contribution in [2.24, 2.45) is 0 Å². The van der Waals surface area contributed by atoms with Crippen LogP contribution in [0.4, 0.5) is 5.69 Å². The number of sulfonamides is 1. The first kappa shape index (κ1) is 18.4. The van der Waals surface area contributed by atoms with Crippen LogP contribution in [0.3, 0.4) is 0 Å². The van der Waals surface area contributed by atoms with Crippen molar-refractivity contribution in [2.45, 2.75) is 31.7 Å². The first-order valence-electron chi connectivity index (χ1n) is 7.39. The number of anilines is 1. The zero-order valence-corrected chi connectivity index (χ0v) is 15.2. The van der Waals surface area contributed by atoms with Crippen molar-refractivity contribution in [1.82, 2.24) is 4.72 Å². The smallest absolute Gasteiger partial charge is 0.255 e. The molecule has 2 aromatic carbocycles. The minimum atomic E-state index is -3.65. The van der Waals surface area contributed by atoms with Gasteiger partial charge in [-0.2, -0.15) is 0 Å². The first-order chi connectivity index (χ1) is 11.2. The van der Waals surface area contributed by atoms with E-state index in [2.05, 4.69) is 10.0 Å². The normalized spacial score (nSPS) is 11.5. The summed E-state index contributed by atoms with van der Waals surface area (Å²) in [5, 5.41) is 3.29. The van der Waals surface area contributed by atoms with Crippen molar-refractivity contribution in [2.75, 3.05) is 5.32 Å². The summed E-state index contributed by atoms with van der Waals surface area (Å²) in [5.74, 6) is -0.401. The van der Waals surface area contributed by atoms with Gasteiger partial charge in [0.2, 0.25) is 10.0 Å². The van der Waals surface area contributed by atoms with E-state index in [9.17, 15) is 13.2 Å². The minimum absolute atomic E-state index is 0.0478. The quantitative estimate of drug-likeness (QED) is 0.849. The molecule has 0 radical (unpaired) electrons. The van der Waals surface area contributed by atoms with Crippen molar-refractivity contribution < 1.29 is 13.2 Å². The van der Waals surface area contributed by atoms with E-state index in [1.165, 1.54) is 18.2 Å². The number of rotatable bonds is 5. The third kappa shape index (κ3) is 4.35. The van der Waals surface area contributed by atoms with Crippen LogP contribution >= 0.6 is 11.6 Å². The number of hydrogen-bond acceptors (Lipinski definition) is 3. The first-order valence-corrected chi connectivity index (χ1v) is 9.25. The van der Waals surface area contributed by atoms with Crippen LogP contribution in [-0.2, 0) is 10.0 Å². The molecule has 0 saturated heterocycles. The fraction of sp³-hybridized carbons (Fsp3) is 0.235. The molecule has 0 bridgehead atoms. The summed E-state index contributed by atoms with van der Waals surface area (Å²) in [5.41, 5.74) is 1.58. The van der Waals surface area contributed by atoms with Crippen LogP contribution in [0.1, 0.15) is 29.8 Å². The molecule has 0 unspecified atom stereocenters. The number of nitrogens with one attached hydrogen (secondary N) is 2. The standard InChI is InChI=1S/C17H19ClN2O3S/c1-11(2)20-24(22,23)14-7-4-6-13(10-14)17(21)19-16-9-5-8-15(18)12(16)3/h4-11,20H,1-3H3,(H,19,21). The number of benzene rings is 2. The number of hydrogen-bond donors (Lipinski definition) is 2. The number of amides is 1. The molecule has 0 aliphatic rings. The third-order valence-electron chi connectivity index (χ3n) is 3.31. The lowest BCUT2D eigenvalue weighted by Gasteiger charge is -2.12. The molecule has 0 saturated carbocycles. The number of carbonyl (C=O) groups is 1. The molecule has 2 aromatic rings. The van der Waals surface area contributed by atoms with E-state index in [0.717, 1.165) is 5.56 Å². The van der Waals surface area contributed by atoms with Crippen LogP contribution in [0.2, 0.25) is 5.02 Å². The molecule has 0 aliphatic carbocycles. The van der Waals surface area contributed by atoms with Gasteiger partial charge in [0.25, 0.3) is 5.91 Å². The molecule has 5 nitrogen and oxygen atoms in total. The van der Waals surface area contributed by atoms with Crippen molar-refractivity contribution in [3.8, 4) is 0 Å². The summed E-state index contributed by atoms with van der Waals surface area (Å²) < 4.78 is 26.9. The van der Waals surface area contributed by atoms with Crippen molar-refractivity contribution >= 4 is 33.2 Å². The molecule has 0 aromatic heterocycles. The molecule has 2 rings (SSSR count). The average Bonchev–Trinajstić information content (AvgIpc) is 2.51. The molecule has 1 amide bonds. The highest BCUT2D eigenvalue weighted by Gasteiger charge is 2.17. The third-order valence-corrected chi connectivity index (χ3v) is 5.38. The highest BCUT2D eigenvalue weighted by Crippen LogP contribution is 2.23. The molecule has 0 fully saturated rings. The molecule has 0 aliphatic heterocycles. The molecule has 128 valence electrons. The lowest BCUT2D eigenvalue weighted by molar-refractivity contribution is 0.102. The maximum Gasteiger partial charge on any atom is 0.255 e. The molecule has 0 heterocycles. The fourth-order valence-electron chi connectivity index (χ4n) is 2.12. The lowest BCUT2D eigenvalue weighted by atomic mass is 10.1. The predicted molar refractivity (Wildman–Crippen MR) is 96.0 cm³/mol. The molecule has 24 heavy (non-hydrogen) atoms. The van der Waals surface area contributed by atoms with Gasteiger partial charge in [-0.05, 0) is 56.7 Å². The van der Waals surface area contributed by atoms with Crippen LogP contribution in [0.5, 0.6) is 0 Å². The van der Waals surface area contributed by atoms with Gasteiger partial charge in [-0.3, -0.25) is 4.79 Å².